The molecular formula is C18H23NO4. The zero-order valence-corrected chi connectivity index (χ0v) is 13.1. The van der Waals surface area contributed by atoms with Crippen molar-refractivity contribution in [1.29, 1.82) is 0 Å². The number of phenolic OH excluding ortho intramolecular Hbond substituents is 2. The molecule has 5 heteroatoms. The zero-order valence-electron chi connectivity index (χ0n) is 13.1. The van der Waals surface area contributed by atoms with Crippen molar-refractivity contribution in [3.8, 4) is 17.2 Å². The van der Waals surface area contributed by atoms with Crippen LogP contribution in [-0.2, 0) is 6.42 Å². The first kappa shape index (κ1) is 17.1. The van der Waals surface area contributed by atoms with Crippen LogP contribution in [0.5, 0.6) is 17.2 Å². The SMILES string of the molecule is CC(Cc1ccc(O)cc1)NCC(O)COc1ccc(O)cc1. The Kier molecular flexibility index (Phi) is 6.26. The lowest BCUT2D eigenvalue weighted by Gasteiger charge is -2.18. The average Bonchev–Trinajstić information content (AvgIpc) is 2.54. The third-order valence-corrected chi connectivity index (χ3v) is 3.46. The van der Waals surface area contributed by atoms with Gasteiger partial charge in [-0.3, -0.25) is 0 Å². The standard InChI is InChI=1S/C18H23NO4/c1-13(10-14-2-4-15(20)5-3-14)19-11-17(22)12-23-18-8-6-16(21)7-9-18/h2-9,13,17,19-22H,10-12H2,1H3. The number of aliphatic hydroxyl groups excluding tert-OH is 1. The van der Waals surface area contributed by atoms with Crippen LogP contribution < -0.4 is 10.1 Å². The van der Waals surface area contributed by atoms with Crippen molar-refractivity contribution in [3.63, 3.8) is 0 Å². The van der Waals surface area contributed by atoms with Gasteiger partial charge in [0.05, 0.1) is 0 Å². The summed E-state index contributed by atoms with van der Waals surface area (Å²) in [7, 11) is 0. The summed E-state index contributed by atoms with van der Waals surface area (Å²) < 4.78 is 5.46. The largest absolute Gasteiger partial charge is 0.508 e. The predicted octanol–water partition coefficient (Wildman–Crippen LogP) is 2.06. The molecule has 2 atom stereocenters. The third kappa shape index (κ3) is 6.18. The number of rotatable bonds is 8. The van der Waals surface area contributed by atoms with E-state index >= 15 is 0 Å². The van der Waals surface area contributed by atoms with Crippen LogP contribution in [0.25, 0.3) is 0 Å². The lowest BCUT2D eigenvalue weighted by Crippen LogP contribution is -2.37. The maximum Gasteiger partial charge on any atom is 0.119 e. The molecule has 0 aliphatic carbocycles. The molecular weight excluding hydrogens is 294 g/mol. The highest BCUT2D eigenvalue weighted by Crippen LogP contribution is 2.16. The second-order valence-corrected chi connectivity index (χ2v) is 5.64. The minimum atomic E-state index is -0.619. The van der Waals surface area contributed by atoms with E-state index in [-0.39, 0.29) is 24.1 Å². The Labute approximate surface area is 136 Å². The molecule has 4 N–H and O–H groups in total. The molecule has 0 spiro atoms. The van der Waals surface area contributed by atoms with Crippen LogP contribution in [0.2, 0.25) is 0 Å². The summed E-state index contributed by atoms with van der Waals surface area (Å²) in [6, 6.07) is 13.7. The van der Waals surface area contributed by atoms with Crippen LogP contribution >= 0.6 is 0 Å². The Bertz CT molecular complexity index is 583. The summed E-state index contributed by atoms with van der Waals surface area (Å²) in [5.41, 5.74) is 1.12. The smallest absolute Gasteiger partial charge is 0.119 e. The van der Waals surface area contributed by atoms with Gasteiger partial charge in [0.1, 0.15) is 30.0 Å². The first-order chi connectivity index (χ1) is 11.0. The van der Waals surface area contributed by atoms with E-state index < -0.39 is 6.10 Å². The fourth-order valence-corrected chi connectivity index (χ4v) is 2.19. The molecule has 23 heavy (non-hydrogen) atoms. The van der Waals surface area contributed by atoms with Gasteiger partial charge in [0.25, 0.3) is 0 Å². The number of phenols is 2. The maximum absolute atomic E-state index is 9.95. The van der Waals surface area contributed by atoms with Crippen molar-refractivity contribution in [2.24, 2.45) is 0 Å². The highest BCUT2D eigenvalue weighted by Gasteiger charge is 2.09. The van der Waals surface area contributed by atoms with E-state index in [0.29, 0.717) is 12.3 Å². The number of aliphatic hydroxyl groups is 1. The van der Waals surface area contributed by atoms with Crippen molar-refractivity contribution in [2.45, 2.75) is 25.5 Å². The van der Waals surface area contributed by atoms with Crippen LogP contribution in [0, 0.1) is 0 Å². The summed E-state index contributed by atoms with van der Waals surface area (Å²) in [6.45, 7) is 2.65. The van der Waals surface area contributed by atoms with Crippen LogP contribution in [0.1, 0.15) is 12.5 Å². The van der Waals surface area contributed by atoms with E-state index in [1.165, 1.54) is 0 Å². The average molecular weight is 317 g/mol. The topological polar surface area (TPSA) is 82.0 Å². The van der Waals surface area contributed by atoms with Gasteiger partial charge < -0.3 is 25.4 Å². The fraction of sp³-hybridized carbons (Fsp3) is 0.333. The van der Waals surface area contributed by atoms with E-state index in [1.54, 1.807) is 36.4 Å². The van der Waals surface area contributed by atoms with Crippen molar-refractivity contribution in [3.05, 3.63) is 54.1 Å². The maximum atomic E-state index is 9.95. The van der Waals surface area contributed by atoms with Crippen molar-refractivity contribution in [2.75, 3.05) is 13.2 Å². The van der Waals surface area contributed by atoms with Crippen LogP contribution in [-0.4, -0.2) is 40.6 Å². The molecule has 0 aliphatic rings. The van der Waals surface area contributed by atoms with E-state index in [9.17, 15) is 15.3 Å². The van der Waals surface area contributed by atoms with Gasteiger partial charge in [-0.25, -0.2) is 0 Å². The predicted molar refractivity (Wildman–Crippen MR) is 88.9 cm³/mol. The molecule has 0 aromatic heterocycles. The number of hydrogen-bond acceptors (Lipinski definition) is 5. The van der Waals surface area contributed by atoms with Gasteiger partial charge in [0, 0.05) is 12.6 Å². The van der Waals surface area contributed by atoms with Gasteiger partial charge in [0.15, 0.2) is 0 Å². The van der Waals surface area contributed by atoms with E-state index in [4.69, 9.17) is 4.74 Å². The normalized spacial score (nSPS) is 13.5. The fourth-order valence-electron chi connectivity index (χ4n) is 2.19. The lowest BCUT2D eigenvalue weighted by molar-refractivity contribution is 0.104. The molecule has 124 valence electrons. The number of ether oxygens (including phenoxy) is 1. The van der Waals surface area contributed by atoms with Gasteiger partial charge in [-0.05, 0) is 55.3 Å². The van der Waals surface area contributed by atoms with Crippen molar-refractivity contribution < 1.29 is 20.1 Å². The first-order valence-corrected chi connectivity index (χ1v) is 7.64. The molecule has 2 rings (SSSR count). The summed E-state index contributed by atoms with van der Waals surface area (Å²) >= 11 is 0. The summed E-state index contributed by atoms with van der Waals surface area (Å²) in [5.74, 6) is 1.05. The highest BCUT2D eigenvalue weighted by atomic mass is 16.5. The molecule has 0 saturated heterocycles. The Hall–Kier alpha value is -2.24. The van der Waals surface area contributed by atoms with Gasteiger partial charge >= 0.3 is 0 Å². The second-order valence-electron chi connectivity index (χ2n) is 5.64. The lowest BCUT2D eigenvalue weighted by atomic mass is 10.1. The minimum absolute atomic E-state index is 0.183. The monoisotopic (exact) mass is 317 g/mol. The Morgan fingerprint density at radius 2 is 1.52 bits per heavy atom. The molecule has 0 fully saturated rings. The molecule has 5 nitrogen and oxygen atoms in total. The van der Waals surface area contributed by atoms with Crippen LogP contribution in [0.4, 0.5) is 0 Å². The van der Waals surface area contributed by atoms with Crippen molar-refractivity contribution in [1.82, 2.24) is 5.32 Å². The summed E-state index contributed by atoms with van der Waals surface area (Å²) in [4.78, 5) is 0. The van der Waals surface area contributed by atoms with Gasteiger partial charge in [-0.2, -0.15) is 0 Å². The van der Waals surface area contributed by atoms with Gasteiger partial charge in [-0.15, -0.1) is 0 Å². The Balaban J connectivity index is 1.67. The minimum Gasteiger partial charge on any atom is -0.508 e. The zero-order chi connectivity index (χ0) is 16.7. The van der Waals surface area contributed by atoms with E-state index in [0.717, 1.165) is 12.0 Å². The summed E-state index contributed by atoms with van der Waals surface area (Å²) in [6.07, 6.45) is 0.192. The Morgan fingerprint density at radius 3 is 2.13 bits per heavy atom. The first-order valence-electron chi connectivity index (χ1n) is 7.64. The second kappa shape index (κ2) is 8.41. The molecule has 0 heterocycles. The third-order valence-electron chi connectivity index (χ3n) is 3.46. The number of aromatic hydroxyl groups is 2. The summed E-state index contributed by atoms with van der Waals surface area (Å²) in [5, 5.41) is 31.7. The van der Waals surface area contributed by atoms with Crippen molar-refractivity contribution >= 4 is 0 Å². The molecule has 0 saturated carbocycles. The van der Waals surface area contributed by atoms with Crippen LogP contribution in [0.15, 0.2) is 48.5 Å². The molecule has 2 aromatic carbocycles. The highest BCUT2D eigenvalue weighted by molar-refractivity contribution is 5.30. The number of hydrogen-bond donors (Lipinski definition) is 4. The molecule has 0 radical (unpaired) electrons. The molecule has 0 aliphatic heterocycles. The molecule has 0 bridgehead atoms. The molecule has 2 unspecified atom stereocenters. The number of benzene rings is 2. The van der Waals surface area contributed by atoms with Crippen LogP contribution in [0.3, 0.4) is 0 Å². The van der Waals surface area contributed by atoms with Gasteiger partial charge in [-0.1, -0.05) is 12.1 Å². The Morgan fingerprint density at radius 1 is 0.957 bits per heavy atom. The van der Waals surface area contributed by atoms with E-state index in [1.807, 2.05) is 19.1 Å². The number of nitrogens with one attached hydrogen (secondary N) is 1. The molecule has 2 aromatic rings. The van der Waals surface area contributed by atoms with Gasteiger partial charge in [0.2, 0.25) is 0 Å². The van der Waals surface area contributed by atoms with E-state index in [2.05, 4.69) is 5.32 Å². The molecule has 0 amide bonds. The quantitative estimate of drug-likeness (QED) is 0.599.